The summed E-state index contributed by atoms with van der Waals surface area (Å²) in [6.45, 7) is 6.58. The molecule has 0 spiro atoms. The van der Waals surface area contributed by atoms with E-state index >= 15 is 0 Å². The lowest BCUT2D eigenvalue weighted by Gasteiger charge is -2.25. The van der Waals surface area contributed by atoms with Gasteiger partial charge in [0.2, 0.25) is 0 Å². The zero-order valence-electron chi connectivity index (χ0n) is 13.7. The van der Waals surface area contributed by atoms with Gasteiger partial charge in [-0.3, -0.25) is 0 Å². The fraction of sp³-hybridized carbons (Fsp3) is 0.588. The van der Waals surface area contributed by atoms with Gasteiger partial charge in [-0.2, -0.15) is 0 Å². The standard InChI is InChI=1S/C17H25NO4/c1-17(2,3)22-16(19)18-15-13-8-6-5-7-12(13)11-14(15)21-10-9-20-4/h5-8,14-15H,9-11H2,1-4H3,(H,18,19)/t14-,15-/m0/s1. The average molecular weight is 307 g/mol. The molecule has 122 valence electrons. The summed E-state index contributed by atoms with van der Waals surface area (Å²) >= 11 is 0. The summed E-state index contributed by atoms with van der Waals surface area (Å²) < 4.78 is 16.3. The van der Waals surface area contributed by atoms with Gasteiger partial charge in [-0.15, -0.1) is 0 Å². The van der Waals surface area contributed by atoms with Crippen molar-refractivity contribution in [1.82, 2.24) is 5.32 Å². The predicted molar refractivity (Wildman–Crippen MR) is 83.9 cm³/mol. The van der Waals surface area contributed by atoms with E-state index in [2.05, 4.69) is 11.4 Å². The van der Waals surface area contributed by atoms with Gasteiger partial charge in [0.05, 0.1) is 25.4 Å². The Morgan fingerprint density at radius 2 is 2.00 bits per heavy atom. The van der Waals surface area contributed by atoms with Crippen LogP contribution in [0.2, 0.25) is 0 Å². The van der Waals surface area contributed by atoms with Gasteiger partial charge in [-0.05, 0) is 31.9 Å². The SMILES string of the molecule is COCCO[C@H]1Cc2ccccc2[C@@H]1NC(=O)OC(C)(C)C. The number of methoxy groups -OCH3 is 1. The van der Waals surface area contributed by atoms with Gasteiger partial charge >= 0.3 is 6.09 Å². The van der Waals surface area contributed by atoms with Crippen LogP contribution < -0.4 is 5.32 Å². The smallest absolute Gasteiger partial charge is 0.408 e. The summed E-state index contributed by atoms with van der Waals surface area (Å²) in [5, 5.41) is 2.94. The maximum Gasteiger partial charge on any atom is 0.408 e. The molecule has 1 N–H and O–H groups in total. The molecule has 1 aromatic rings. The number of ether oxygens (including phenoxy) is 3. The van der Waals surface area contributed by atoms with Crippen LogP contribution in [0.15, 0.2) is 24.3 Å². The van der Waals surface area contributed by atoms with Crippen molar-refractivity contribution in [3.8, 4) is 0 Å². The lowest BCUT2D eigenvalue weighted by molar-refractivity contribution is -0.00105. The highest BCUT2D eigenvalue weighted by Gasteiger charge is 2.35. The van der Waals surface area contributed by atoms with Crippen molar-refractivity contribution < 1.29 is 19.0 Å². The third-order valence-electron chi connectivity index (χ3n) is 3.47. The maximum absolute atomic E-state index is 12.1. The molecule has 2 rings (SSSR count). The largest absolute Gasteiger partial charge is 0.444 e. The van der Waals surface area contributed by atoms with Crippen molar-refractivity contribution in [2.24, 2.45) is 0 Å². The van der Waals surface area contributed by atoms with Gasteiger partial charge in [0.25, 0.3) is 0 Å². The van der Waals surface area contributed by atoms with Gasteiger partial charge in [0.15, 0.2) is 0 Å². The predicted octanol–water partition coefficient (Wildman–Crippen LogP) is 2.84. The van der Waals surface area contributed by atoms with Crippen LogP contribution in [0.3, 0.4) is 0 Å². The van der Waals surface area contributed by atoms with Crippen molar-refractivity contribution in [2.45, 2.75) is 44.9 Å². The molecule has 22 heavy (non-hydrogen) atoms. The first-order valence-corrected chi connectivity index (χ1v) is 7.58. The molecule has 1 aromatic carbocycles. The number of alkyl carbamates (subject to hydrolysis) is 1. The number of rotatable bonds is 5. The van der Waals surface area contributed by atoms with Gasteiger partial charge in [0, 0.05) is 13.5 Å². The fourth-order valence-corrected chi connectivity index (χ4v) is 2.60. The first kappa shape index (κ1) is 16.8. The Morgan fingerprint density at radius 3 is 2.68 bits per heavy atom. The second kappa shape index (κ2) is 7.11. The summed E-state index contributed by atoms with van der Waals surface area (Å²) in [4.78, 5) is 12.1. The molecule has 0 radical (unpaired) electrons. The lowest BCUT2D eigenvalue weighted by Crippen LogP contribution is -2.39. The van der Waals surface area contributed by atoms with E-state index in [1.165, 1.54) is 5.56 Å². The Labute approximate surface area is 131 Å². The van der Waals surface area contributed by atoms with Crippen LogP contribution in [0, 0.1) is 0 Å². The van der Waals surface area contributed by atoms with Crippen LogP contribution in [0.1, 0.15) is 37.9 Å². The van der Waals surface area contributed by atoms with Gasteiger partial charge in [0.1, 0.15) is 5.60 Å². The van der Waals surface area contributed by atoms with Crippen LogP contribution >= 0.6 is 0 Å². The Hall–Kier alpha value is -1.59. The van der Waals surface area contributed by atoms with Crippen LogP contribution in [0.5, 0.6) is 0 Å². The molecule has 0 aliphatic heterocycles. The number of carbonyl (C=O) groups is 1. The number of fused-ring (bicyclic) bond motifs is 1. The number of benzene rings is 1. The summed E-state index contributed by atoms with van der Waals surface area (Å²) in [5.41, 5.74) is 1.77. The number of hydrogen-bond acceptors (Lipinski definition) is 4. The first-order chi connectivity index (χ1) is 10.4. The van der Waals surface area contributed by atoms with Crippen LogP contribution in [0.4, 0.5) is 4.79 Å². The molecule has 1 aliphatic rings. The zero-order chi connectivity index (χ0) is 16.2. The van der Waals surface area contributed by atoms with Crippen molar-refractivity contribution >= 4 is 6.09 Å². The molecule has 0 saturated heterocycles. The molecule has 1 aliphatic carbocycles. The van der Waals surface area contributed by atoms with Crippen molar-refractivity contribution in [2.75, 3.05) is 20.3 Å². The average Bonchev–Trinajstić information content (AvgIpc) is 2.75. The zero-order valence-corrected chi connectivity index (χ0v) is 13.7. The summed E-state index contributed by atoms with van der Waals surface area (Å²) in [6, 6.07) is 7.87. The van der Waals surface area contributed by atoms with Crippen LogP contribution in [-0.4, -0.2) is 38.1 Å². The molecular weight excluding hydrogens is 282 g/mol. The highest BCUT2D eigenvalue weighted by Crippen LogP contribution is 2.33. The number of carbonyl (C=O) groups excluding carboxylic acids is 1. The quantitative estimate of drug-likeness (QED) is 0.850. The molecule has 2 atom stereocenters. The second-order valence-corrected chi connectivity index (χ2v) is 6.43. The highest BCUT2D eigenvalue weighted by molar-refractivity contribution is 5.69. The number of hydrogen-bond donors (Lipinski definition) is 1. The molecule has 0 heterocycles. The summed E-state index contributed by atoms with van der Waals surface area (Å²) in [6.07, 6.45) is 0.259. The molecular formula is C17H25NO4. The van der Waals surface area contributed by atoms with Crippen molar-refractivity contribution in [3.05, 3.63) is 35.4 Å². The lowest BCUT2D eigenvalue weighted by atomic mass is 10.1. The van der Waals surface area contributed by atoms with Gasteiger partial charge < -0.3 is 19.5 Å². The number of amides is 1. The van der Waals surface area contributed by atoms with E-state index in [1.807, 2.05) is 39.0 Å². The molecule has 5 heteroatoms. The highest BCUT2D eigenvalue weighted by atomic mass is 16.6. The van der Waals surface area contributed by atoms with E-state index in [9.17, 15) is 4.79 Å². The maximum atomic E-state index is 12.1. The van der Waals surface area contributed by atoms with Crippen LogP contribution in [0.25, 0.3) is 0 Å². The van der Waals surface area contributed by atoms with Gasteiger partial charge in [-0.25, -0.2) is 4.79 Å². The molecule has 0 aromatic heterocycles. The normalized spacial score (nSPS) is 20.5. The van der Waals surface area contributed by atoms with E-state index in [-0.39, 0.29) is 12.1 Å². The monoisotopic (exact) mass is 307 g/mol. The Balaban J connectivity index is 2.07. The summed E-state index contributed by atoms with van der Waals surface area (Å²) in [7, 11) is 1.64. The fourth-order valence-electron chi connectivity index (χ4n) is 2.60. The van der Waals surface area contributed by atoms with E-state index in [4.69, 9.17) is 14.2 Å². The minimum absolute atomic E-state index is 0.0972. The Kier molecular flexibility index (Phi) is 5.42. The van der Waals surface area contributed by atoms with Crippen LogP contribution in [-0.2, 0) is 20.6 Å². The summed E-state index contributed by atoms with van der Waals surface area (Å²) in [5.74, 6) is 0. The molecule has 1 amide bonds. The number of nitrogens with one attached hydrogen (secondary N) is 1. The minimum Gasteiger partial charge on any atom is -0.444 e. The molecule has 0 bridgehead atoms. The van der Waals surface area contributed by atoms with E-state index in [1.54, 1.807) is 7.11 Å². The molecule has 0 unspecified atom stereocenters. The Bertz CT molecular complexity index is 510. The van der Waals surface area contributed by atoms with Crippen molar-refractivity contribution in [1.29, 1.82) is 0 Å². The molecule has 5 nitrogen and oxygen atoms in total. The van der Waals surface area contributed by atoms with E-state index in [0.29, 0.717) is 13.2 Å². The minimum atomic E-state index is -0.519. The van der Waals surface area contributed by atoms with Crippen molar-refractivity contribution in [3.63, 3.8) is 0 Å². The third kappa shape index (κ3) is 4.45. The van der Waals surface area contributed by atoms with E-state index in [0.717, 1.165) is 12.0 Å². The third-order valence-corrected chi connectivity index (χ3v) is 3.47. The molecule has 0 saturated carbocycles. The van der Waals surface area contributed by atoms with E-state index < -0.39 is 11.7 Å². The first-order valence-electron chi connectivity index (χ1n) is 7.58. The molecule has 0 fully saturated rings. The van der Waals surface area contributed by atoms with Gasteiger partial charge in [-0.1, -0.05) is 24.3 Å². The second-order valence-electron chi connectivity index (χ2n) is 6.43. The Morgan fingerprint density at radius 1 is 1.27 bits per heavy atom. The topological polar surface area (TPSA) is 56.8 Å².